The van der Waals surface area contributed by atoms with Gasteiger partial charge in [-0.1, -0.05) is 65.5 Å². The molecule has 178 valence electrons. The standard InChI is InChI=1S/C29H50O2/c1-19(2)7-6-8-20(3)24-11-12-25-23-10-9-22-17-21(27(31)18-30)13-15-28(22,4)26(23)14-16-29(24,25)5/h9,19-21,23-27,30-31H,6-8,10-18H2,1-5H3/t20-,21?,23?,24-,25?,26?,27?,28+,29-/m1/s1. The molecule has 3 saturated carbocycles. The fourth-order valence-electron chi connectivity index (χ4n) is 9.19. The molecular formula is C29H50O2. The predicted molar refractivity (Wildman–Crippen MR) is 130 cm³/mol. The van der Waals surface area contributed by atoms with Gasteiger partial charge in [-0.3, -0.25) is 0 Å². The molecule has 0 aromatic rings. The molecule has 3 fully saturated rings. The summed E-state index contributed by atoms with van der Waals surface area (Å²) in [6.07, 6.45) is 16.6. The van der Waals surface area contributed by atoms with Gasteiger partial charge in [-0.25, -0.2) is 0 Å². The van der Waals surface area contributed by atoms with Crippen LogP contribution in [0, 0.1) is 52.3 Å². The molecule has 0 heterocycles. The predicted octanol–water partition coefficient (Wildman–Crippen LogP) is 7.00. The third-order valence-corrected chi connectivity index (χ3v) is 11.1. The number of aliphatic hydroxyl groups is 2. The van der Waals surface area contributed by atoms with E-state index < -0.39 is 6.10 Å². The minimum absolute atomic E-state index is 0.0854. The molecule has 31 heavy (non-hydrogen) atoms. The van der Waals surface area contributed by atoms with Gasteiger partial charge in [-0.2, -0.15) is 0 Å². The highest BCUT2D eigenvalue weighted by atomic mass is 16.3. The Kier molecular flexibility index (Phi) is 7.01. The van der Waals surface area contributed by atoms with Gasteiger partial charge in [0.05, 0.1) is 12.7 Å². The van der Waals surface area contributed by atoms with Crippen molar-refractivity contribution in [1.82, 2.24) is 0 Å². The Morgan fingerprint density at radius 3 is 2.48 bits per heavy atom. The summed E-state index contributed by atoms with van der Waals surface area (Å²) in [5.74, 6) is 5.54. The highest BCUT2D eigenvalue weighted by Gasteiger charge is 2.59. The maximum Gasteiger partial charge on any atom is 0.0802 e. The molecular weight excluding hydrogens is 380 g/mol. The Morgan fingerprint density at radius 2 is 1.77 bits per heavy atom. The molecule has 0 amide bonds. The van der Waals surface area contributed by atoms with E-state index in [0.29, 0.717) is 10.8 Å². The van der Waals surface area contributed by atoms with Crippen molar-refractivity contribution < 1.29 is 10.2 Å². The molecule has 4 aliphatic carbocycles. The van der Waals surface area contributed by atoms with E-state index in [1.165, 1.54) is 57.8 Å². The van der Waals surface area contributed by atoms with Crippen molar-refractivity contribution in [1.29, 1.82) is 0 Å². The maximum atomic E-state index is 10.2. The third kappa shape index (κ3) is 4.18. The Bertz CT molecular complexity index is 653. The Hall–Kier alpha value is -0.340. The highest BCUT2D eigenvalue weighted by molar-refractivity contribution is 5.25. The molecule has 4 rings (SSSR count). The normalized spacial score (nSPS) is 44.3. The monoisotopic (exact) mass is 430 g/mol. The van der Waals surface area contributed by atoms with Crippen LogP contribution in [0.2, 0.25) is 0 Å². The van der Waals surface area contributed by atoms with Crippen LogP contribution in [0.25, 0.3) is 0 Å². The van der Waals surface area contributed by atoms with E-state index in [4.69, 9.17) is 0 Å². The van der Waals surface area contributed by atoms with Gasteiger partial charge in [0.15, 0.2) is 0 Å². The van der Waals surface area contributed by atoms with Crippen LogP contribution in [0.3, 0.4) is 0 Å². The fraction of sp³-hybridized carbons (Fsp3) is 0.931. The number of rotatable bonds is 7. The van der Waals surface area contributed by atoms with Crippen molar-refractivity contribution in [2.24, 2.45) is 52.3 Å². The molecule has 0 saturated heterocycles. The molecule has 2 nitrogen and oxygen atoms in total. The number of hydrogen-bond acceptors (Lipinski definition) is 2. The van der Waals surface area contributed by atoms with Gasteiger partial charge in [0.1, 0.15) is 0 Å². The van der Waals surface area contributed by atoms with Crippen LogP contribution in [0.15, 0.2) is 11.6 Å². The lowest BCUT2D eigenvalue weighted by molar-refractivity contribution is -0.0593. The van der Waals surface area contributed by atoms with Crippen LogP contribution in [0.1, 0.15) is 105 Å². The second-order valence-corrected chi connectivity index (χ2v) is 13.0. The quantitative estimate of drug-likeness (QED) is 0.427. The molecule has 0 aromatic heterocycles. The van der Waals surface area contributed by atoms with E-state index in [0.717, 1.165) is 48.3 Å². The zero-order valence-corrected chi connectivity index (χ0v) is 21.1. The summed E-state index contributed by atoms with van der Waals surface area (Å²) in [6.45, 7) is 12.4. The van der Waals surface area contributed by atoms with E-state index in [1.807, 2.05) is 0 Å². The third-order valence-electron chi connectivity index (χ3n) is 11.1. The first-order chi connectivity index (χ1) is 14.7. The summed E-state index contributed by atoms with van der Waals surface area (Å²) in [4.78, 5) is 0. The summed E-state index contributed by atoms with van der Waals surface area (Å²) in [5.41, 5.74) is 2.53. The lowest BCUT2D eigenvalue weighted by Gasteiger charge is -2.58. The lowest BCUT2D eigenvalue weighted by Crippen LogP contribution is -2.51. The summed E-state index contributed by atoms with van der Waals surface area (Å²) in [6, 6.07) is 0. The molecule has 0 radical (unpaired) electrons. The topological polar surface area (TPSA) is 40.5 Å². The Balaban J connectivity index is 1.47. The van der Waals surface area contributed by atoms with Gasteiger partial charge in [0.25, 0.3) is 0 Å². The maximum absolute atomic E-state index is 10.2. The van der Waals surface area contributed by atoms with Crippen LogP contribution < -0.4 is 0 Å². The number of hydrogen-bond donors (Lipinski definition) is 2. The molecule has 5 unspecified atom stereocenters. The van der Waals surface area contributed by atoms with Gasteiger partial charge in [0.2, 0.25) is 0 Å². The van der Waals surface area contributed by atoms with E-state index in [9.17, 15) is 10.2 Å². The van der Waals surface area contributed by atoms with Crippen molar-refractivity contribution in [2.75, 3.05) is 6.61 Å². The smallest absolute Gasteiger partial charge is 0.0802 e. The van der Waals surface area contributed by atoms with Gasteiger partial charge in [-0.15, -0.1) is 0 Å². The van der Waals surface area contributed by atoms with Gasteiger partial charge >= 0.3 is 0 Å². The van der Waals surface area contributed by atoms with Gasteiger partial charge < -0.3 is 10.2 Å². The minimum atomic E-state index is -0.536. The second kappa shape index (κ2) is 9.13. The van der Waals surface area contributed by atoms with Gasteiger partial charge in [-0.05, 0) is 104 Å². The van der Waals surface area contributed by atoms with E-state index in [-0.39, 0.29) is 12.5 Å². The summed E-state index contributed by atoms with van der Waals surface area (Å²) in [7, 11) is 0. The lowest BCUT2D eigenvalue weighted by atomic mass is 9.46. The Labute approximate surface area is 192 Å². The van der Waals surface area contributed by atoms with Crippen LogP contribution in [-0.2, 0) is 0 Å². The van der Waals surface area contributed by atoms with Crippen molar-refractivity contribution in [3.63, 3.8) is 0 Å². The molecule has 2 heteroatoms. The number of aliphatic hydroxyl groups excluding tert-OH is 2. The van der Waals surface area contributed by atoms with Crippen LogP contribution in [0.4, 0.5) is 0 Å². The van der Waals surface area contributed by atoms with Crippen molar-refractivity contribution >= 4 is 0 Å². The highest BCUT2D eigenvalue weighted by Crippen LogP contribution is 2.67. The fourth-order valence-corrected chi connectivity index (χ4v) is 9.19. The molecule has 0 bridgehead atoms. The molecule has 0 aromatic carbocycles. The zero-order valence-electron chi connectivity index (χ0n) is 21.1. The number of allylic oxidation sites excluding steroid dienone is 2. The largest absolute Gasteiger partial charge is 0.394 e. The molecule has 0 spiro atoms. The van der Waals surface area contributed by atoms with Crippen LogP contribution in [0.5, 0.6) is 0 Å². The van der Waals surface area contributed by atoms with Crippen LogP contribution >= 0.6 is 0 Å². The molecule has 4 aliphatic rings. The van der Waals surface area contributed by atoms with E-state index >= 15 is 0 Å². The van der Waals surface area contributed by atoms with E-state index in [2.05, 4.69) is 40.7 Å². The Morgan fingerprint density at radius 1 is 1.00 bits per heavy atom. The molecule has 9 atom stereocenters. The SMILES string of the molecule is CC(C)CCC[C@@H](C)[C@H]1CCC2C3CC=C4CC(C(O)CO)CC[C@]4(C)C3CC[C@@]21C. The first kappa shape index (κ1) is 23.8. The summed E-state index contributed by atoms with van der Waals surface area (Å²) < 4.78 is 0. The van der Waals surface area contributed by atoms with Crippen molar-refractivity contribution in [2.45, 2.75) is 111 Å². The first-order valence-electron chi connectivity index (χ1n) is 13.7. The van der Waals surface area contributed by atoms with E-state index in [1.54, 1.807) is 5.57 Å². The van der Waals surface area contributed by atoms with Crippen LogP contribution in [-0.4, -0.2) is 22.9 Å². The molecule has 0 aliphatic heterocycles. The zero-order chi connectivity index (χ0) is 22.4. The minimum Gasteiger partial charge on any atom is -0.394 e. The van der Waals surface area contributed by atoms with Gasteiger partial charge in [0, 0.05) is 0 Å². The van der Waals surface area contributed by atoms with Crippen molar-refractivity contribution in [3.8, 4) is 0 Å². The van der Waals surface area contributed by atoms with Crippen molar-refractivity contribution in [3.05, 3.63) is 11.6 Å². The second-order valence-electron chi connectivity index (χ2n) is 13.0. The molecule has 2 N–H and O–H groups in total. The summed E-state index contributed by atoms with van der Waals surface area (Å²) in [5, 5.41) is 19.7. The average Bonchev–Trinajstić information content (AvgIpc) is 3.09. The number of fused-ring (bicyclic) bond motifs is 5. The summed E-state index contributed by atoms with van der Waals surface area (Å²) >= 11 is 0. The average molecular weight is 431 g/mol. The first-order valence-corrected chi connectivity index (χ1v) is 13.7.